The largest absolute Gasteiger partial charge is 0.356 e. The smallest absolute Gasteiger partial charge is 0.242 e. The second-order valence-electron chi connectivity index (χ2n) is 6.09. The Kier molecular flexibility index (Phi) is 11.3. The van der Waals surface area contributed by atoms with E-state index in [1.54, 1.807) is 43.1 Å². The molecule has 0 spiro atoms. The molecule has 0 radical (unpaired) electrons. The van der Waals surface area contributed by atoms with Gasteiger partial charge in [0.2, 0.25) is 10.0 Å². The molecule has 2 aromatic rings. The van der Waals surface area contributed by atoms with Gasteiger partial charge in [-0.3, -0.25) is 4.99 Å². The molecule has 0 aliphatic carbocycles. The number of benzene rings is 2. The maximum absolute atomic E-state index is 12.1. The molecule has 6 nitrogen and oxygen atoms in total. The SMILES string of the molecule is CN=C(NCCSc1ccc(Cl)cc1)NCc1ccc(S(=O)(=O)N(C)C)cc1.I. The average molecular weight is 569 g/mol. The molecule has 29 heavy (non-hydrogen) atoms. The van der Waals surface area contributed by atoms with E-state index >= 15 is 0 Å². The van der Waals surface area contributed by atoms with Gasteiger partial charge >= 0.3 is 0 Å². The van der Waals surface area contributed by atoms with Gasteiger partial charge in [-0.25, -0.2) is 12.7 Å². The van der Waals surface area contributed by atoms with Gasteiger partial charge in [-0.15, -0.1) is 35.7 Å². The summed E-state index contributed by atoms with van der Waals surface area (Å²) in [4.78, 5) is 5.65. The molecule has 0 aliphatic heterocycles. The lowest BCUT2D eigenvalue weighted by Crippen LogP contribution is -2.37. The van der Waals surface area contributed by atoms with Crippen LogP contribution in [0.2, 0.25) is 5.02 Å². The van der Waals surface area contributed by atoms with Gasteiger partial charge in [-0.1, -0.05) is 23.7 Å². The summed E-state index contributed by atoms with van der Waals surface area (Å²) in [5, 5.41) is 7.22. The lowest BCUT2D eigenvalue weighted by molar-refractivity contribution is 0.520. The molecule has 0 saturated heterocycles. The summed E-state index contributed by atoms with van der Waals surface area (Å²) >= 11 is 7.62. The highest BCUT2D eigenvalue weighted by molar-refractivity contribution is 14.0. The Balaban J connectivity index is 0.00000420. The number of thioether (sulfide) groups is 1. The van der Waals surface area contributed by atoms with Gasteiger partial charge < -0.3 is 10.6 Å². The number of sulfonamides is 1. The van der Waals surface area contributed by atoms with Gasteiger partial charge in [0.1, 0.15) is 0 Å². The van der Waals surface area contributed by atoms with Crippen molar-refractivity contribution in [1.82, 2.24) is 14.9 Å². The van der Waals surface area contributed by atoms with E-state index < -0.39 is 10.0 Å². The molecule has 2 N–H and O–H groups in total. The molecule has 0 aliphatic rings. The zero-order chi connectivity index (χ0) is 20.6. The quantitative estimate of drug-likeness (QED) is 0.167. The van der Waals surface area contributed by atoms with Crippen LogP contribution in [0.25, 0.3) is 0 Å². The van der Waals surface area contributed by atoms with Gasteiger partial charge in [0, 0.05) is 49.9 Å². The van der Waals surface area contributed by atoms with Crippen LogP contribution in [0.3, 0.4) is 0 Å². The normalized spacial score (nSPS) is 11.8. The van der Waals surface area contributed by atoms with E-state index in [1.807, 2.05) is 24.3 Å². The van der Waals surface area contributed by atoms with Crippen molar-refractivity contribution in [3.63, 3.8) is 0 Å². The summed E-state index contributed by atoms with van der Waals surface area (Å²) in [5.74, 6) is 1.58. The predicted molar refractivity (Wildman–Crippen MR) is 133 cm³/mol. The van der Waals surface area contributed by atoms with Crippen molar-refractivity contribution in [1.29, 1.82) is 0 Å². The first-order valence-electron chi connectivity index (χ1n) is 8.67. The summed E-state index contributed by atoms with van der Waals surface area (Å²) < 4.78 is 25.4. The van der Waals surface area contributed by atoms with Crippen LogP contribution in [0.4, 0.5) is 0 Å². The standard InChI is InChI=1S/C19H25ClN4O2S2.HI/c1-21-19(22-12-13-27-17-8-6-16(20)7-9-17)23-14-15-4-10-18(11-5-15)28(25,26)24(2)3;/h4-11H,12-14H2,1-3H3,(H2,21,22,23);1H. The van der Waals surface area contributed by atoms with Crippen molar-refractivity contribution in [2.75, 3.05) is 33.4 Å². The number of nitrogens with one attached hydrogen (secondary N) is 2. The number of guanidine groups is 1. The molecule has 2 aromatic carbocycles. The maximum atomic E-state index is 12.1. The molecule has 0 fully saturated rings. The third-order valence-electron chi connectivity index (χ3n) is 3.86. The van der Waals surface area contributed by atoms with Gasteiger partial charge in [-0.2, -0.15) is 0 Å². The predicted octanol–water partition coefficient (Wildman–Crippen LogP) is 3.67. The fourth-order valence-corrected chi connectivity index (χ4v) is 4.06. The van der Waals surface area contributed by atoms with E-state index in [9.17, 15) is 8.42 Å². The van der Waals surface area contributed by atoms with Gasteiger partial charge in [0.15, 0.2) is 5.96 Å². The Hall–Kier alpha value is -1.01. The third-order valence-corrected chi connectivity index (χ3v) is 6.96. The third kappa shape index (κ3) is 8.33. The summed E-state index contributed by atoms with van der Waals surface area (Å²) in [7, 11) is 1.35. The zero-order valence-electron chi connectivity index (χ0n) is 16.6. The fourth-order valence-electron chi connectivity index (χ4n) is 2.27. The molecule has 0 heterocycles. The van der Waals surface area contributed by atoms with E-state index in [0.29, 0.717) is 12.5 Å². The Morgan fingerprint density at radius 1 is 1.07 bits per heavy atom. The van der Waals surface area contributed by atoms with E-state index in [-0.39, 0.29) is 28.9 Å². The van der Waals surface area contributed by atoms with Crippen molar-refractivity contribution in [2.45, 2.75) is 16.3 Å². The number of hydrogen-bond donors (Lipinski definition) is 2. The van der Waals surface area contributed by atoms with Crippen LogP contribution in [0.1, 0.15) is 5.56 Å². The second kappa shape index (κ2) is 12.6. The first-order valence-corrected chi connectivity index (χ1v) is 11.5. The molecule has 0 bridgehead atoms. The van der Waals surface area contributed by atoms with Crippen LogP contribution >= 0.6 is 47.3 Å². The molecule has 10 heteroatoms. The van der Waals surface area contributed by atoms with Crippen LogP contribution < -0.4 is 10.6 Å². The topological polar surface area (TPSA) is 73.8 Å². The van der Waals surface area contributed by atoms with Crippen LogP contribution in [-0.4, -0.2) is 52.1 Å². The minimum absolute atomic E-state index is 0. The van der Waals surface area contributed by atoms with Crippen LogP contribution in [0, 0.1) is 0 Å². The summed E-state index contributed by atoms with van der Waals surface area (Å²) in [6.45, 7) is 1.30. The molecule has 2 rings (SSSR count). The summed E-state index contributed by atoms with van der Waals surface area (Å²) in [6.07, 6.45) is 0. The van der Waals surface area contributed by atoms with Gasteiger partial charge in [0.05, 0.1) is 4.90 Å². The number of hydrogen-bond acceptors (Lipinski definition) is 4. The van der Waals surface area contributed by atoms with Crippen LogP contribution in [-0.2, 0) is 16.6 Å². The Labute approximate surface area is 199 Å². The highest BCUT2D eigenvalue weighted by atomic mass is 127. The van der Waals surface area contributed by atoms with Gasteiger partial charge in [-0.05, 0) is 42.0 Å². The Bertz CT molecular complexity index is 889. The summed E-state index contributed by atoms with van der Waals surface area (Å²) in [5.41, 5.74) is 0.969. The minimum atomic E-state index is -3.40. The number of aliphatic imine (C=N–C) groups is 1. The monoisotopic (exact) mass is 568 g/mol. The molecule has 0 saturated carbocycles. The van der Waals surface area contributed by atoms with Crippen molar-refractivity contribution in [3.05, 3.63) is 59.1 Å². The Morgan fingerprint density at radius 2 is 1.69 bits per heavy atom. The lowest BCUT2D eigenvalue weighted by Gasteiger charge is -2.13. The van der Waals surface area contributed by atoms with Crippen molar-refractivity contribution in [2.24, 2.45) is 4.99 Å². The second-order valence-corrected chi connectivity index (χ2v) is 9.84. The number of halogens is 2. The van der Waals surface area contributed by atoms with Gasteiger partial charge in [0.25, 0.3) is 0 Å². The lowest BCUT2D eigenvalue weighted by atomic mass is 10.2. The van der Waals surface area contributed by atoms with Crippen LogP contribution in [0.15, 0.2) is 63.3 Å². The molecule has 0 amide bonds. The fraction of sp³-hybridized carbons (Fsp3) is 0.316. The molecule has 0 aromatic heterocycles. The highest BCUT2D eigenvalue weighted by Gasteiger charge is 2.16. The molecule has 0 atom stereocenters. The number of nitrogens with zero attached hydrogens (tertiary/aromatic N) is 2. The highest BCUT2D eigenvalue weighted by Crippen LogP contribution is 2.19. The van der Waals surface area contributed by atoms with Crippen molar-refractivity contribution < 1.29 is 8.42 Å². The summed E-state index contributed by atoms with van der Waals surface area (Å²) in [6, 6.07) is 14.6. The molecular formula is C19H26ClIN4O2S2. The number of rotatable bonds is 8. The molecular weight excluding hydrogens is 543 g/mol. The first-order chi connectivity index (χ1) is 13.3. The maximum Gasteiger partial charge on any atom is 0.242 e. The van der Waals surface area contributed by atoms with E-state index in [4.69, 9.17) is 11.6 Å². The molecule has 0 unspecified atom stereocenters. The zero-order valence-corrected chi connectivity index (χ0v) is 21.3. The first kappa shape index (κ1) is 26.0. The van der Waals surface area contributed by atoms with Crippen LogP contribution in [0.5, 0.6) is 0 Å². The van der Waals surface area contributed by atoms with E-state index in [0.717, 1.165) is 22.9 Å². The van der Waals surface area contributed by atoms with Crippen molar-refractivity contribution in [3.8, 4) is 0 Å². The molecule has 160 valence electrons. The average Bonchev–Trinajstić information content (AvgIpc) is 2.69. The van der Waals surface area contributed by atoms with E-state index in [1.165, 1.54) is 23.3 Å². The van der Waals surface area contributed by atoms with E-state index in [2.05, 4.69) is 15.6 Å². The van der Waals surface area contributed by atoms with Crippen molar-refractivity contribution >= 4 is 63.3 Å². The minimum Gasteiger partial charge on any atom is -0.356 e. The Morgan fingerprint density at radius 3 is 2.24 bits per heavy atom.